The molecule has 1 aromatic carbocycles. The average Bonchev–Trinajstić information content (AvgIpc) is 2.23. The minimum atomic E-state index is -2.92. The molecule has 0 aliphatic carbocycles. The van der Waals surface area contributed by atoms with Gasteiger partial charge in [-0.25, -0.2) is 26.2 Å². The lowest BCUT2D eigenvalue weighted by atomic mass is 10.3. The number of rotatable bonds is 2. The summed E-state index contributed by atoms with van der Waals surface area (Å²) in [7, 11) is -2.92. The van der Waals surface area contributed by atoms with E-state index in [-0.39, 0.29) is 0 Å². The topological polar surface area (TPSA) is 34.1 Å². The van der Waals surface area contributed by atoms with E-state index in [1.807, 2.05) is 0 Å². The Morgan fingerprint density at radius 1 is 0.800 bits per heavy atom. The number of halogens is 5. The van der Waals surface area contributed by atoms with Crippen molar-refractivity contribution in [2.24, 2.45) is 0 Å². The summed E-state index contributed by atoms with van der Waals surface area (Å²) in [6, 6.07) is 0. The van der Waals surface area contributed by atoms with E-state index in [0.717, 1.165) is 0 Å². The Kier molecular flexibility index (Phi) is 3.18. The van der Waals surface area contributed by atoms with Gasteiger partial charge in [0.15, 0.2) is 23.3 Å². The van der Waals surface area contributed by atoms with E-state index >= 15 is 0 Å². The molecule has 1 aromatic rings. The maximum absolute atomic E-state index is 12.8. The van der Waals surface area contributed by atoms with Crippen molar-refractivity contribution in [1.82, 2.24) is 0 Å². The summed E-state index contributed by atoms with van der Waals surface area (Å²) in [5.74, 6) is -11.4. The van der Waals surface area contributed by atoms with Gasteiger partial charge in [0, 0.05) is 0 Å². The zero-order valence-electron chi connectivity index (χ0n) is 6.69. The molecule has 0 saturated carbocycles. The molecule has 0 amide bonds. The van der Waals surface area contributed by atoms with Crippen LogP contribution in [-0.2, 0) is 15.6 Å². The third kappa shape index (κ3) is 1.76. The van der Waals surface area contributed by atoms with Gasteiger partial charge in [0.1, 0.15) is 15.7 Å². The standard InChI is InChI=1S/C7HF5O2S/c8-2-3(9)5(11)7(15(14)1-13)6(12)4(2)10/h1H. The molecule has 1 rings (SSSR count). The molecule has 2 nitrogen and oxygen atoms in total. The first-order chi connectivity index (χ1) is 6.91. The van der Waals surface area contributed by atoms with E-state index in [4.69, 9.17) is 0 Å². The highest BCUT2D eigenvalue weighted by atomic mass is 32.2. The number of hydrogen-bond donors (Lipinski definition) is 0. The highest BCUT2D eigenvalue weighted by Gasteiger charge is 2.28. The molecular formula is C7HF5O2S. The van der Waals surface area contributed by atoms with E-state index in [1.165, 1.54) is 0 Å². The Hall–Kier alpha value is -1.31. The molecule has 0 bridgehead atoms. The summed E-state index contributed by atoms with van der Waals surface area (Å²) in [5.41, 5.74) is -0.432. The second kappa shape index (κ2) is 4.05. The van der Waals surface area contributed by atoms with Crippen LogP contribution in [0.4, 0.5) is 22.0 Å². The van der Waals surface area contributed by atoms with Gasteiger partial charge in [0.25, 0.3) is 0 Å². The third-order valence-corrected chi connectivity index (χ3v) is 2.39. The summed E-state index contributed by atoms with van der Waals surface area (Å²) in [6.45, 7) is 0. The molecule has 0 fully saturated rings. The minimum Gasteiger partial charge on any atom is -0.288 e. The average molecular weight is 244 g/mol. The summed E-state index contributed by atoms with van der Waals surface area (Å²) in [5, 5.41) is 0. The first-order valence-corrected chi connectivity index (χ1v) is 4.50. The lowest BCUT2D eigenvalue weighted by molar-refractivity contribution is 0.360. The largest absolute Gasteiger partial charge is 0.288 e. The Bertz CT molecular complexity index is 430. The van der Waals surface area contributed by atoms with Crippen molar-refractivity contribution in [3.05, 3.63) is 29.1 Å². The van der Waals surface area contributed by atoms with Crippen molar-refractivity contribution < 1.29 is 31.0 Å². The normalized spacial score (nSPS) is 12.6. The van der Waals surface area contributed by atoms with Gasteiger partial charge in [-0.05, 0) is 0 Å². The van der Waals surface area contributed by atoms with Crippen LogP contribution < -0.4 is 0 Å². The zero-order chi connectivity index (χ0) is 11.7. The second-order valence-corrected chi connectivity index (χ2v) is 3.49. The molecule has 82 valence electrons. The van der Waals surface area contributed by atoms with Gasteiger partial charge in [-0.1, -0.05) is 0 Å². The van der Waals surface area contributed by atoms with Crippen LogP contribution in [0, 0.1) is 29.1 Å². The van der Waals surface area contributed by atoms with Crippen LogP contribution in [0.5, 0.6) is 0 Å². The van der Waals surface area contributed by atoms with Crippen molar-refractivity contribution in [3.63, 3.8) is 0 Å². The number of benzene rings is 1. The highest BCUT2D eigenvalue weighted by molar-refractivity contribution is 7.98. The van der Waals surface area contributed by atoms with Gasteiger partial charge in [0.2, 0.25) is 11.4 Å². The van der Waals surface area contributed by atoms with Gasteiger partial charge < -0.3 is 0 Å². The predicted octanol–water partition coefficient (Wildman–Crippen LogP) is 1.68. The summed E-state index contributed by atoms with van der Waals surface area (Å²) in [4.78, 5) is 8.31. The number of carbonyl (C=O) groups excluding carboxylic acids is 1. The van der Waals surface area contributed by atoms with E-state index in [1.54, 1.807) is 0 Å². The first kappa shape index (κ1) is 11.8. The SMILES string of the molecule is O=CS(=O)c1c(F)c(F)c(F)c(F)c1F. The predicted molar refractivity (Wildman–Crippen MR) is 39.4 cm³/mol. The number of hydrogen-bond acceptors (Lipinski definition) is 2. The Balaban J connectivity index is 3.67. The molecule has 0 aliphatic heterocycles. The molecule has 0 radical (unpaired) electrons. The fourth-order valence-corrected chi connectivity index (χ4v) is 1.44. The van der Waals surface area contributed by atoms with Gasteiger partial charge >= 0.3 is 0 Å². The molecule has 1 unspecified atom stereocenters. The van der Waals surface area contributed by atoms with Crippen LogP contribution in [0.25, 0.3) is 0 Å². The van der Waals surface area contributed by atoms with Crippen LogP contribution >= 0.6 is 0 Å². The van der Waals surface area contributed by atoms with Crippen molar-refractivity contribution in [2.45, 2.75) is 4.90 Å². The molecule has 8 heteroatoms. The van der Waals surface area contributed by atoms with Crippen LogP contribution in [0.2, 0.25) is 0 Å². The third-order valence-electron chi connectivity index (χ3n) is 1.46. The Morgan fingerprint density at radius 3 is 1.47 bits per heavy atom. The molecule has 0 aliphatic rings. The fraction of sp³-hybridized carbons (Fsp3) is 0. The van der Waals surface area contributed by atoms with Gasteiger partial charge in [-0.2, -0.15) is 0 Å². The molecule has 0 aromatic heterocycles. The molecule has 0 spiro atoms. The van der Waals surface area contributed by atoms with Gasteiger partial charge in [0.05, 0.1) is 0 Å². The van der Waals surface area contributed by atoms with E-state index in [9.17, 15) is 31.0 Å². The van der Waals surface area contributed by atoms with Gasteiger partial charge in [-0.3, -0.25) is 4.79 Å². The Labute approximate surface area is 82.2 Å². The van der Waals surface area contributed by atoms with Crippen molar-refractivity contribution in [2.75, 3.05) is 0 Å². The molecule has 0 saturated heterocycles. The lowest BCUT2D eigenvalue weighted by Gasteiger charge is -2.03. The van der Waals surface area contributed by atoms with E-state index in [2.05, 4.69) is 0 Å². The highest BCUT2D eigenvalue weighted by Crippen LogP contribution is 2.24. The summed E-state index contributed by atoms with van der Waals surface area (Å²) >= 11 is 0. The Morgan fingerprint density at radius 2 is 1.13 bits per heavy atom. The molecule has 0 N–H and O–H groups in total. The second-order valence-electron chi connectivity index (χ2n) is 2.29. The zero-order valence-corrected chi connectivity index (χ0v) is 7.51. The van der Waals surface area contributed by atoms with Crippen molar-refractivity contribution in [3.8, 4) is 0 Å². The fourth-order valence-electron chi connectivity index (χ4n) is 0.810. The monoisotopic (exact) mass is 244 g/mol. The quantitative estimate of drug-likeness (QED) is 0.343. The molecular weight excluding hydrogens is 243 g/mol. The van der Waals surface area contributed by atoms with Gasteiger partial charge in [-0.15, -0.1) is 0 Å². The van der Waals surface area contributed by atoms with Crippen LogP contribution in [-0.4, -0.2) is 9.83 Å². The minimum absolute atomic E-state index is 0.432. The van der Waals surface area contributed by atoms with Crippen molar-refractivity contribution in [1.29, 1.82) is 0 Å². The maximum atomic E-state index is 12.8. The molecule has 0 heterocycles. The molecule has 15 heavy (non-hydrogen) atoms. The molecule has 1 atom stereocenters. The van der Waals surface area contributed by atoms with Crippen LogP contribution in [0.15, 0.2) is 4.90 Å². The number of carbonyl (C=O) groups is 1. The lowest BCUT2D eigenvalue weighted by Crippen LogP contribution is -2.09. The van der Waals surface area contributed by atoms with E-state index in [0.29, 0.717) is 0 Å². The van der Waals surface area contributed by atoms with E-state index < -0.39 is 50.4 Å². The van der Waals surface area contributed by atoms with Crippen LogP contribution in [0.3, 0.4) is 0 Å². The smallest absolute Gasteiger partial charge is 0.211 e. The summed E-state index contributed by atoms with van der Waals surface area (Å²) in [6.07, 6.45) is 0. The van der Waals surface area contributed by atoms with Crippen molar-refractivity contribution >= 4 is 16.4 Å². The maximum Gasteiger partial charge on any atom is 0.211 e. The first-order valence-electron chi connectivity index (χ1n) is 3.29. The van der Waals surface area contributed by atoms with Crippen LogP contribution in [0.1, 0.15) is 0 Å². The summed E-state index contributed by atoms with van der Waals surface area (Å²) < 4.78 is 73.6.